The van der Waals surface area contributed by atoms with Crippen molar-refractivity contribution in [2.45, 2.75) is 32.1 Å². The monoisotopic (exact) mass is 439 g/mol. The van der Waals surface area contributed by atoms with Crippen LogP contribution in [0.1, 0.15) is 17.8 Å². The minimum atomic E-state index is -4.55. The molecule has 2 heterocycles. The van der Waals surface area contributed by atoms with Gasteiger partial charge >= 0.3 is 6.18 Å². The van der Waals surface area contributed by atoms with Gasteiger partial charge in [0.2, 0.25) is 0 Å². The number of nitrogens with one attached hydrogen (secondary N) is 1. The molecule has 0 bridgehead atoms. The number of aromatic nitrogens is 2. The van der Waals surface area contributed by atoms with Crippen molar-refractivity contribution in [3.63, 3.8) is 0 Å². The number of para-hydroxylation sites is 1. The number of hydrogen-bond acceptors (Lipinski definition) is 1. The zero-order valence-corrected chi connectivity index (χ0v) is 16.5. The second-order valence-corrected chi connectivity index (χ2v) is 6.91. The highest BCUT2D eigenvalue weighted by atomic mass is 35.5. The van der Waals surface area contributed by atoms with E-state index in [1.165, 1.54) is 30.3 Å². The lowest BCUT2D eigenvalue weighted by atomic mass is 10.1. The second kappa shape index (κ2) is 8.47. The van der Waals surface area contributed by atoms with Crippen molar-refractivity contribution in [3.8, 4) is 11.3 Å². The van der Waals surface area contributed by atoms with Gasteiger partial charge in [-0.05, 0) is 42.8 Å². The fourth-order valence-corrected chi connectivity index (χ4v) is 3.68. The first-order valence-corrected chi connectivity index (χ1v) is 9.17. The molecule has 0 spiro atoms. The quantitative estimate of drug-likeness (QED) is 0.481. The average molecular weight is 440 g/mol. The second-order valence-electron chi connectivity index (χ2n) is 6.91. The number of carbonyl (C=O) groups excluding carboxylic acids is 1. The van der Waals surface area contributed by atoms with Gasteiger partial charge < -0.3 is 17.7 Å². The maximum Gasteiger partial charge on any atom is 0.418 e. The SMILES string of the molecule is O=C(C[n+]1cc(-c2ccc(F)cc2)n2c1CCC2)Nc1ccccc1C(F)(F)F.[Cl-]. The van der Waals surface area contributed by atoms with E-state index in [1.54, 1.807) is 22.9 Å². The largest absolute Gasteiger partial charge is 1.00 e. The molecule has 1 N–H and O–H groups in total. The Hall–Kier alpha value is -2.87. The van der Waals surface area contributed by atoms with Crippen LogP contribution in [0.4, 0.5) is 23.2 Å². The van der Waals surface area contributed by atoms with Crippen LogP contribution in [0.5, 0.6) is 0 Å². The lowest BCUT2D eigenvalue weighted by Crippen LogP contribution is -3.00. The van der Waals surface area contributed by atoms with Gasteiger partial charge in [0.1, 0.15) is 12.0 Å². The van der Waals surface area contributed by atoms with E-state index in [9.17, 15) is 22.4 Å². The molecular weight excluding hydrogens is 422 g/mol. The number of fused-ring (bicyclic) bond motifs is 1. The first-order valence-electron chi connectivity index (χ1n) is 9.17. The van der Waals surface area contributed by atoms with Crippen molar-refractivity contribution >= 4 is 11.6 Å². The maximum absolute atomic E-state index is 13.2. The van der Waals surface area contributed by atoms with Crippen LogP contribution in [0, 0.1) is 5.82 Å². The van der Waals surface area contributed by atoms with Gasteiger partial charge in [0.05, 0.1) is 24.2 Å². The topological polar surface area (TPSA) is 37.9 Å². The molecule has 0 atom stereocenters. The molecule has 2 aromatic carbocycles. The maximum atomic E-state index is 13.2. The Balaban J connectivity index is 0.00000256. The summed E-state index contributed by atoms with van der Waals surface area (Å²) in [5.41, 5.74) is 0.518. The van der Waals surface area contributed by atoms with Crippen LogP contribution in [0.25, 0.3) is 11.3 Å². The summed E-state index contributed by atoms with van der Waals surface area (Å²) in [7, 11) is 0. The summed E-state index contributed by atoms with van der Waals surface area (Å²) in [6.07, 6.45) is -1.10. The highest BCUT2D eigenvalue weighted by Gasteiger charge is 2.34. The van der Waals surface area contributed by atoms with E-state index in [-0.39, 0.29) is 30.5 Å². The Morgan fingerprint density at radius 2 is 1.80 bits per heavy atom. The molecule has 0 fully saturated rings. The molecule has 1 aliphatic heterocycles. The first-order chi connectivity index (χ1) is 13.8. The first kappa shape index (κ1) is 21.8. The minimum Gasteiger partial charge on any atom is -1.00 e. The van der Waals surface area contributed by atoms with Crippen molar-refractivity contribution in [1.29, 1.82) is 0 Å². The number of imidazole rings is 1. The fourth-order valence-electron chi connectivity index (χ4n) is 3.68. The van der Waals surface area contributed by atoms with Crippen LogP contribution < -0.4 is 22.3 Å². The lowest BCUT2D eigenvalue weighted by molar-refractivity contribution is -0.690. The molecule has 4 rings (SSSR count). The lowest BCUT2D eigenvalue weighted by Gasteiger charge is -2.13. The van der Waals surface area contributed by atoms with Gasteiger partial charge in [0.25, 0.3) is 11.7 Å². The predicted octanol–water partition coefficient (Wildman–Crippen LogP) is 1.19. The Labute approximate surface area is 176 Å². The van der Waals surface area contributed by atoms with Gasteiger partial charge in [0, 0.05) is 5.56 Å². The Kier molecular flexibility index (Phi) is 6.17. The smallest absolute Gasteiger partial charge is 0.418 e. The van der Waals surface area contributed by atoms with E-state index in [0.717, 1.165) is 42.5 Å². The van der Waals surface area contributed by atoms with Crippen LogP contribution in [-0.2, 0) is 30.5 Å². The van der Waals surface area contributed by atoms with Crippen LogP contribution in [0.2, 0.25) is 0 Å². The summed E-state index contributed by atoms with van der Waals surface area (Å²) in [4.78, 5) is 12.5. The molecule has 3 aromatic rings. The molecule has 1 aromatic heterocycles. The van der Waals surface area contributed by atoms with E-state index in [1.807, 2.05) is 0 Å². The summed E-state index contributed by atoms with van der Waals surface area (Å²) in [6, 6.07) is 11.0. The van der Waals surface area contributed by atoms with Crippen molar-refractivity contribution in [1.82, 2.24) is 4.57 Å². The Morgan fingerprint density at radius 3 is 2.50 bits per heavy atom. The summed E-state index contributed by atoms with van der Waals surface area (Å²) in [6.45, 7) is 0.663. The normalized spacial score (nSPS) is 12.9. The Bertz CT molecular complexity index is 1060. The molecule has 158 valence electrons. The van der Waals surface area contributed by atoms with Gasteiger partial charge in [0.15, 0.2) is 12.2 Å². The molecule has 0 saturated carbocycles. The van der Waals surface area contributed by atoms with E-state index < -0.39 is 17.6 Å². The standard InChI is InChI=1S/C21H17F4N3O.ClH/c22-15-9-7-14(8-10-15)18-12-27(20-6-3-11-28(18)20)13-19(29)26-17-5-2-1-4-16(17)21(23,24)25;/h1-2,4-5,7-10,12H,3,6,11,13H2;1H. The number of anilines is 1. The zero-order valence-electron chi connectivity index (χ0n) is 15.7. The van der Waals surface area contributed by atoms with Crippen LogP contribution in [0.15, 0.2) is 54.7 Å². The van der Waals surface area contributed by atoms with Gasteiger partial charge in [-0.3, -0.25) is 4.79 Å². The molecule has 0 aliphatic carbocycles. The van der Waals surface area contributed by atoms with Gasteiger partial charge in [-0.15, -0.1) is 0 Å². The molecule has 1 amide bonds. The number of carbonyl (C=O) groups is 1. The van der Waals surface area contributed by atoms with Crippen molar-refractivity contribution in [2.75, 3.05) is 5.32 Å². The van der Waals surface area contributed by atoms with E-state index >= 15 is 0 Å². The van der Waals surface area contributed by atoms with E-state index in [4.69, 9.17) is 0 Å². The highest BCUT2D eigenvalue weighted by Crippen LogP contribution is 2.34. The molecule has 1 aliphatic rings. The van der Waals surface area contributed by atoms with Crippen LogP contribution in [-0.4, -0.2) is 10.5 Å². The summed E-state index contributed by atoms with van der Waals surface area (Å²) in [5.74, 6) is 0.0405. The number of hydrogen-bond donors (Lipinski definition) is 1. The number of benzene rings is 2. The van der Waals surface area contributed by atoms with E-state index in [2.05, 4.69) is 9.88 Å². The predicted molar refractivity (Wildman–Crippen MR) is 98.4 cm³/mol. The summed E-state index contributed by atoms with van der Waals surface area (Å²) in [5, 5.41) is 2.37. The van der Waals surface area contributed by atoms with Gasteiger partial charge in [-0.2, -0.15) is 13.2 Å². The molecule has 4 nitrogen and oxygen atoms in total. The van der Waals surface area contributed by atoms with Crippen LogP contribution in [0.3, 0.4) is 0 Å². The van der Waals surface area contributed by atoms with Crippen molar-refractivity contribution in [3.05, 3.63) is 71.9 Å². The molecular formula is C21H18ClF4N3O. The number of rotatable bonds is 4. The molecule has 0 radical (unpaired) electrons. The minimum absolute atomic E-state index is 0. The number of nitrogens with zero attached hydrogens (tertiary/aromatic N) is 2. The molecule has 0 saturated heterocycles. The third kappa shape index (κ3) is 4.33. The highest BCUT2D eigenvalue weighted by molar-refractivity contribution is 5.90. The molecule has 30 heavy (non-hydrogen) atoms. The van der Waals surface area contributed by atoms with E-state index in [0.29, 0.717) is 0 Å². The third-order valence-electron chi connectivity index (χ3n) is 4.95. The average Bonchev–Trinajstić information content (AvgIpc) is 3.26. The molecule has 0 unspecified atom stereocenters. The Morgan fingerprint density at radius 1 is 1.10 bits per heavy atom. The summed E-state index contributed by atoms with van der Waals surface area (Å²) < 4.78 is 56.5. The van der Waals surface area contributed by atoms with Crippen molar-refractivity contribution < 1.29 is 39.3 Å². The molecule has 9 heteroatoms. The fraction of sp³-hybridized carbons (Fsp3) is 0.238. The number of alkyl halides is 3. The van der Waals surface area contributed by atoms with Crippen LogP contribution >= 0.6 is 0 Å². The number of halogens is 5. The third-order valence-corrected chi connectivity index (χ3v) is 4.95. The summed E-state index contributed by atoms with van der Waals surface area (Å²) >= 11 is 0. The van der Waals surface area contributed by atoms with Gasteiger partial charge in [-0.1, -0.05) is 12.1 Å². The van der Waals surface area contributed by atoms with Crippen molar-refractivity contribution in [2.24, 2.45) is 0 Å². The van der Waals surface area contributed by atoms with Gasteiger partial charge in [-0.25, -0.2) is 13.5 Å². The number of amides is 1. The zero-order chi connectivity index (χ0) is 20.6.